The summed E-state index contributed by atoms with van der Waals surface area (Å²) in [7, 11) is 0. The highest BCUT2D eigenvalue weighted by Crippen LogP contribution is 2.47. The highest BCUT2D eigenvalue weighted by Gasteiger charge is 2.49. The molecule has 1 aromatic rings. The monoisotopic (exact) mass is 269 g/mol. The molecule has 19 heavy (non-hydrogen) atoms. The number of hydrogen-bond acceptors (Lipinski definition) is 2. The minimum atomic E-state index is -0.710. The van der Waals surface area contributed by atoms with Gasteiger partial charge in [0.05, 0.1) is 11.2 Å². The molecule has 2 unspecified atom stereocenters. The van der Waals surface area contributed by atoms with Crippen LogP contribution in [0, 0.1) is 17.6 Å². The summed E-state index contributed by atoms with van der Waals surface area (Å²) in [6.45, 7) is 7.79. The maximum Gasteiger partial charge on any atom is 0.130 e. The second-order valence-electron chi connectivity index (χ2n) is 6.44. The lowest BCUT2D eigenvalue weighted by Gasteiger charge is -2.31. The molecule has 2 atom stereocenters. The van der Waals surface area contributed by atoms with Crippen molar-refractivity contribution in [3.63, 3.8) is 0 Å². The third-order valence-electron chi connectivity index (χ3n) is 3.91. The van der Waals surface area contributed by atoms with Crippen LogP contribution >= 0.6 is 0 Å². The first kappa shape index (κ1) is 14.4. The van der Waals surface area contributed by atoms with E-state index in [4.69, 9.17) is 10.5 Å². The maximum atomic E-state index is 13.8. The lowest BCUT2D eigenvalue weighted by Crippen LogP contribution is -2.36. The van der Waals surface area contributed by atoms with Gasteiger partial charge in [0.25, 0.3) is 0 Å². The Morgan fingerprint density at radius 3 is 2.16 bits per heavy atom. The summed E-state index contributed by atoms with van der Waals surface area (Å²) in [5.41, 5.74) is 5.27. The van der Waals surface area contributed by atoms with Gasteiger partial charge >= 0.3 is 0 Å². The second-order valence-corrected chi connectivity index (χ2v) is 6.44. The Morgan fingerprint density at radius 1 is 1.21 bits per heavy atom. The summed E-state index contributed by atoms with van der Waals surface area (Å²) >= 11 is 0. The molecule has 2 nitrogen and oxygen atoms in total. The number of halogens is 2. The van der Waals surface area contributed by atoms with E-state index < -0.39 is 23.3 Å². The van der Waals surface area contributed by atoms with Crippen molar-refractivity contribution < 1.29 is 13.5 Å². The third-order valence-corrected chi connectivity index (χ3v) is 3.91. The molecule has 1 aromatic carbocycles. The molecule has 0 spiro atoms. The van der Waals surface area contributed by atoms with Gasteiger partial charge in [0.1, 0.15) is 11.6 Å². The zero-order chi connectivity index (χ0) is 14.4. The van der Waals surface area contributed by atoms with Gasteiger partial charge in [-0.1, -0.05) is 6.07 Å². The highest BCUT2D eigenvalue weighted by atomic mass is 19.1. The number of benzene rings is 1. The van der Waals surface area contributed by atoms with Crippen LogP contribution in [0.15, 0.2) is 18.2 Å². The molecule has 1 fully saturated rings. The van der Waals surface area contributed by atoms with Crippen LogP contribution in [0.5, 0.6) is 0 Å². The highest BCUT2D eigenvalue weighted by molar-refractivity contribution is 5.25. The summed E-state index contributed by atoms with van der Waals surface area (Å²) < 4.78 is 33.6. The number of rotatable bonds is 2. The molecule has 1 saturated heterocycles. The smallest absolute Gasteiger partial charge is 0.130 e. The van der Waals surface area contributed by atoms with Crippen molar-refractivity contribution in [1.82, 2.24) is 0 Å². The molecule has 1 aliphatic heterocycles. The Labute approximate surface area is 112 Å². The van der Waals surface area contributed by atoms with Crippen LogP contribution in [0.25, 0.3) is 0 Å². The van der Waals surface area contributed by atoms with Crippen molar-refractivity contribution in [3.8, 4) is 0 Å². The molecule has 0 aromatic heterocycles. The minimum absolute atomic E-state index is 0.0399. The number of hydrogen-bond donors (Lipinski definition) is 1. The number of ether oxygens (including phenoxy) is 1. The predicted octanol–water partition coefficient (Wildman–Crippen LogP) is 3.56. The molecule has 0 aliphatic carbocycles. The van der Waals surface area contributed by atoms with Crippen LogP contribution in [-0.4, -0.2) is 11.2 Å². The van der Waals surface area contributed by atoms with E-state index in [1.165, 1.54) is 18.2 Å². The van der Waals surface area contributed by atoms with Crippen molar-refractivity contribution in [2.24, 2.45) is 11.7 Å². The fourth-order valence-electron chi connectivity index (χ4n) is 3.19. The normalized spacial score (nSPS) is 26.4. The summed E-state index contributed by atoms with van der Waals surface area (Å²) in [5.74, 6) is -1.31. The van der Waals surface area contributed by atoms with E-state index in [1.54, 1.807) is 0 Å². The van der Waals surface area contributed by atoms with Gasteiger partial charge in [-0.3, -0.25) is 0 Å². The summed E-state index contributed by atoms with van der Waals surface area (Å²) in [5, 5.41) is 0. The van der Waals surface area contributed by atoms with E-state index >= 15 is 0 Å². The molecule has 0 saturated carbocycles. The lowest BCUT2D eigenvalue weighted by molar-refractivity contribution is -0.0768. The van der Waals surface area contributed by atoms with Crippen LogP contribution in [0.1, 0.15) is 45.7 Å². The van der Waals surface area contributed by atoms with Crippen LogP contribution in [0.3, 0.4) is 0 Å². The first-order chi connectivity index (χ1) is 8.64. The van der Waals surface area contributed by atoms with Gasteiger partial charge in [-0.15, -0.1) is 0 Å². The minimum Gasteiger partial charge on any atom is -0.369 e. The van der Waals surface area contributed by atoms with Gasteiger partial charge in [-0.05, 0) is 46.2 Å². The molecule has 0 radical (unpaired) electrons. The maximum absolute atomic E-state index is 13.8. The second kappa shape index (κ2) is 4.53. The Balaban J connectivity index is 2.37. The van der Waals surface area contributed by atoms with Crippen LogP contribution in [0.4, 0.5) is 8.78 Å². The van der Waals surface area contributed by atoms with E-state index in [2.05, 4.69) is 0 Å². The quantitative estimate of drug-likeness (QED) is 0.891. The molecule has 0 amide bonds. The molecule has 4 heteroatoms. The van der Waals surface area contributed by atoms with Crippen LogP contribution < -0.4 is 5.73 Å². The SMILES string of the molecule is CC1(C)CC(C(N)c2c(F)cccc2F)C(C)(C)O1. The lowest BCUT2D eigenvalue weighted by atomic mass is 9.79. The summed E-state index contributed by atoms with van der Waals surface area (Å²) in [6.07, 6.45) is 0.676. The Kier molecular flexibility index (Phi) is 3.43. The van der Waals surface area contributed by atoms with Gasteiger partial charge in [0, 0.05) is 17.5 Å². The van der Waals surface area contributed by atoms with Crippen molar-refractivity contribution >= 4 is 0 Å². The molecule has 106 valence electrons. The predicted molar refractivity (Wildman–Crippen MR) is 70.6 cm³/mol. The van der Waals surface area contributed by atoms with Crippen molar-refractivity contribution in [1.29, 1.82) is 0 Å². The van der Waals surface area contributed by atoms with E-state index in [-0.39, 0.29) is 17.1 Å². The van der Waals surface area contributed by atoms with Crippen molar-refractivity contribution in [2.45, 2.75) is 51.4 Å². The topological polar surface area (TPSA) is 35.2 Å². The van der Waals surface area contributed by atoms with Crippen molar-refractivity contribution in [3.05, 3.63) is 35.4 Å². The van der Waals surface area contributed by atoms with Gasteiger partial charge < -0.3 is 10.5 Å². The zero-order valence-corrected chi connectivity index (χ0v) is 11.8. The van der Waals surface area contributed by atoms with E-state index in [0.29, 0.717) is 6.42 Å². The fourth-order valence-corrected chi connectivity index (χ4v) is 3.19. The molecule has 0 bridgehead atoms. The van der Waals surface area contributed by atoms with Gasteiger partial charge in [-0.25, -0.2) is 8.78 Å². The Hall–Kier alpha value is -1.00. The van der Waals surface area contributed by atoms with Gasteiger partial charge in [-0.2, -0.15) is 0 Å². The van der Waals surface area contributed by atoms with E-state index in [0.717, 1.165) is 0 Å². The Bertz CT molecular complexity index is 465. The van der Waals surface area contributed by atoms with Crippen LogP contribution in [0.2, 0.25) is 0 Å². The van der Waals surface area contributed by atoms with Gasteiger partial charge in [0.15, 0.2) is 0 Å². The number of nitrogens with two attached hydrogens (primary N) is 1. The summed E-state index contributed by atoms with van der Waals surface area (Å²) in [4.78, 5) is 0. The largest absolute Gasteiger partial charge is 0.369 e. The van der Waals surface area contributed by atoms with E-state index in [9.17, 15) is 8.78 Å². The van der Waals surface area contributed by atoms with Crippen LogP contribution in [-0.2, 0) is 4.74 Å². The first-order valence-electron chi connectivity index (χ1n) is 6.54. The average Bonchev–Trinajstić information content (AvgIpc) is 2.46. The molecular weight excluding hydrogens is 248 g/mol. The molecule has 2 rings (SSSR count). The summed E-state index contributed by atoms with van der Waals surface area (Å²) in [6, 6.07) is 3.12. The Morgan fingerprint density at radius 2 is 1.74 bits per heavy atom. The zero-order valence-electron chi connectivity index (χ0n) is 11.8. The van der Waals surface area contributed by atoms with Gasteiger partial charge in [0.2, 0.25) is 0 Å². The molecule has 2 N–H and O–H groups in total. The third kappa shape index (κ3) is 2.65. The fraction of sp³-hybridized carbons (Fsp3) is 0.600. The molecule has 1 heterocycles. The standard InChI is InChI=1S/C15H21F2NO/c1-14(2)8-9(15(3,4)19-14)13(18)12-10(16)6-5-7-11(12)17/h5-7,9,13H,8,18H2,1-4H3. The molecule has 1 aliphatic rings. The average molecular weight is 269 g/mol. The van der Waals surface area contributed by atoms with Crippen molar-refractivity contribution in [2.75, 3.05) is 0 Å². The first-order valence-corrected chi connectivity index (χ1v) is 6.54. The molecular formula is C15H21F2NO. The van der Waals surface area contributed by atoms with E-state index in [1.807, 2.05) is 27.7 Å².